The molecule has 1 aliphatic rings. The van der Waals surface area contributed by atoms with Crippen molar-refractivity contribution in [2.75, 3.05) is 18.4 Å². The van der Waals surface area contributed by atoms with Gasteiger partial charge in [0.1, 0.15) is 4.21 Å². The molecule has 7 nitrogen and oxygen atoms in total. The maximum atomic E-state index is 12.7. The highest BCUT2D eigenvalue weighted by Crippen LogP contribution is 2.31. The third kappa shape index (κ3) is 3.71. The van der Waals surface area contributed by atoms with Gasteiger partial charge in [-0.3, -0.25) is 9.48 Å². The van der Waals surface area contributed by atoms with Crippen LogP contribution in [0.2, 0.25) is 0 Å². The van der Waals surface area contributed by atoms with Crippen LogP contribution < -0.4 is 5.32 Å². The number of aromatic nitrogens is 2. The molecule has 1 fully saturated rings. The minimum atomic E-state index is -3.55. The average Bonchev–Trinajstić information content (AvgIpc) is 3.16. The number of rotatable bonds is 4. The molecule has 24 heavy (non-hydrogen) atoms. The van der Waals surface area contributed by atoms with Gasteiger partial charge in [0.25, 0.3) is 10.0 Å². The Morgan fingerprint density at radius 1 is 1.42 bits per heavy atom. The number of sulfonamides is 1. The molecule has 2 aromatic rings. The third-order valence-corrected chi connectivity index (χ3v) is 7.82. The van der Waals surface area contributed by atoms with Gasteiger partial charge in [0.2, 0.25) is 5.91 Å². The summed E-state index contributed by atoms with van der Waals surface area (Å²) in [5.41, 5.74) is 0. The molecule has 10 heteroatoms. The van der Waals surface area contributed by atoms with Crippen LogP contribution in [0.3, 0.4) is 0 Å². The molecule has 1 N–H and O–H groups in total. The number of hydrogen-bond acceptors (Lipinski definition) is 5. The molecule has 1 unspecified atom stereocenters. The summed E-state index contributed by atoms with van der Waals surface area (Å²) in [5, 5.41) is 6.86. The molecular weight excluding hydrogens is 416 g/mol. The number of nitrogens with one attached hydrogen (secondary N) is 1. The van der Waals surface area contributed by atoms with Crippen molar-refractivity contribution < 1.29 is 13.2 Å². The minimum Gasteiger partial charge on any atom is -0.309 e. The Hall–Kier alpha value is -1.23. The Bertz CT molecular complexity index is 846. The SMILES string of the molecule is Cn1ccc(NC(=O)C2CCCN(S(=O)(=O)c3ccc(Br)s3)C2)n1. The third-order valence-electron chi connectivity index (χ3n) is 3.86. The molecule has 1 aliphatic heterocycles. The van der Waals surface area contributed by atoms with Crippen LogP contribution in [0, 0.1) is 5.92 Å². The molecule has 3 rings (SSSR count). The molecule has 1 saturated heterocycles. The van der Waals surface area contributed by atoms with Crippen LogP contribution in [0.25, 0.3) is 0 Å². The van der Waals surface area contributed by atoms with Crippen molar-refractivity contribution in [1.29, 1.82) is 0 Å². The molecule has 0 radical (unpaired) electrons. The van der Waals surface area contributed by atoms with E-state index in [2.05, 4.69) is 26.3 Å². The van der Waals surface area contributed by atoms with E-state index in [9.17, 15) is 13.2 Å². The molecule has 3 heterocycles. The highest BCUT2D eigenvalue weighted by molar-refractivity contribution is 9.11. The fraction of sp³-hybridized carbons (Fsp3) is 0.429. The monoisotopic (exact) mass is 432 g/mol. The summed E-state index contributed by atoms with van der Waals surface area (Å²) < 4.78 is 29.5. The van der Waals surface area contributed by atoms with Gasteiger partial charge in [0, 0.05) is 32.4 Å². The van der Waals surface area contributed by atoms with E-state index in [4.69, 9.17) is 0 Å². The van der Waals surface area contributed by atoms with Crippen molar-refractivity contribution in [2.24, 2.45) is 13.0 Å². The maximum absolute atomic E-state index is 12.7. The maximum Gasteiger partial charge on any atom is 0.252 e. The summed E-state index contributed by atoms with van der Waals surface area (Å²) in [5.74, 6) is -0.0930. The molecule has 0 saturated carbocycles. The Balaban J connectivity index is 1.71. The summed E-state index contributed by atoms with van der Waals surface area (Å²) in [6.45, 7) is 0.627. The van der Waals surface area contributed by atoms with E-state index < -0.39 is 10.0 Å². The Morgan fingerprint density at radius 2 is 2.21 bits per heavy atom. The molecule has 0 bridgehead atoms. The van der Waals surface area contributed by atoms with Crippen molar-refractivity contribution in [3.05, 3.63) is 28.2 Å². The average molecular weight is 433 g/mol. The number of amides is 1. The number of carbonyl (C=O) groups excluding carboxylic acids is 1. The summed E-state index contributed by atoms with van der Waals surface area (Å²) >= 11 is 4.46. The Kier molecular flexibility index (Phi) is 5.09. The zero-order valence-corrected chi connectivity index (χ0v) is 16.2. The second kappa shape index (κ2) is 6.95. The lowest BCUT2D eigenvalue weighted by molar-refractivity contribution is -0.120. The van der Waals surface area contributed by atoms with Crippen molar-refractivity contribution >= 4 is 49.0 Å². The van der Waals surface area contributed by atoms with Gasteiger partial charge in [-0.15, -0.1) is 11.3 Å². The number of anilines is 1. The van der Waals surface area contributed by atoms with Crippen molar-refractivity contribution in [1.82, 2.24) is 14.1 Å². The van der Waals surface area contributed by atoms with Gasteiger partial charge < -0.3 is 5.32 Å². The van der Waals surface area contributed by atoms with E-state index in [0.717, 1.165) is 3.79 Å². The van der Waals surface area contributed by atoms with Crippen molar-refractivity contribution in [3.63, 3.8) is 0 Å². The smallest absolute Gasteiger partial charge is 0.252 e. The first-order valence-electron chi connectivity index (χ1n) is 7.42. The number of hydrogen-bond donors (Lipinski definition) is 1. The lowest BCUT2D eigenvalue weighted by Crippen LogP contribution is -2.43. The highest BCUT2D eigenvalue weighted by Gasteiger charge is 2.34. The zero-order chi connectivity index (χ0) is 17.3. The fourth-order valence-corrected chi connectivity index (χ4v) is 6.34. The largest absolute Gasteiger partial charge is 0.309 e. The predicted octanol–water partition coefficient (Wildman–Crippen LogP) is 2.28. The molecular formula is C14H17BrN4O3S2. The van der Waals surface area contributed by atoms with Crippen LogP contribution in [-0.4, -0.2) is 41.5 Å². The summed E-state index contributed by atoms with van der Waals surface area (Å²) in [6.07, 6.45) is 3.06. The molecule has 0 aliphatic carbocycles. The quantitative estimate of drug-likeness (QED) is 0.802. The normalized spacial score (nSPS) is 19.3. The topological polar surface area (TPSA) is 84.3 Å². The zero-order valence-electron chi connectivity index (χ0n) is 13.0. The Labute approximate surface area is 152 Å². The summed E-state index contributed by atoms with van der Waals surface area (Å²) in [6, 6.07) is 5.01. The molecule has 1 amide bonds. The van der Waals surface area contributed by atoms with Crippen LogP contribution in [0.5, 0.6) is 0 Å². The van der Waals surface area contributed by atoms with E-state index >= 15 is 0 Å². The first kappa shape index (κ1) is 17.6. The lowest BCUT2D eigenvalue weighted by Gasteiger charge is -2.30. The first-order valence-corrected chi connectivity index (χ1v) is 10.5. The van der Waals surface area contributed by atoms with Gasteiger partial charge in [-0.2, -0.15) is 9.40 Å². The number of thiophene rings is 1. The molecule has 130 valence electrons. The van der Waals surface area contributed by atoms with Crippen LogP contribution in [0.4, 0.5) is 5.82 Å². The van der Waals surface area contributed by atoms with Gasteiger partial charge in [0.15, 0.2) is 5.82 Å². The van der Waals surface area contributed by atoms with E-state index in [1.54, 1.807) is 36.1 Å². The molecule has 0 spiro atoms. The van der Waals surface area contributed by atoms with Crippen molar-refractivity contribution in [3.8, 4) is 0 Å². The van der Waals surface area contributed by atoms with Gasteiger partial charge in [0.05, 0.1) is 9.70 Å². The second-order valence-electron chi connectivity index (χ2n) is 5.62. The van der Waals surface area contributed by atoms with Gasteiger partial charge in [-0.1, -0.05) is 0 Å². The standard InChI is InChI=1S/C14H17BrN4O3S2/c1-18-8-6-12(17-18)16-14(20)10-3-2-7-19(9-10)24(21,22)13-5-4-11(15)23-13/h4-6,8,10H,2-3,7,9H2,1H3,(H,16,17,20). The van der Waals surface area contributed by atoms with Crippen LogP contribution in [0.15, 0.2) is 32.4 Å². The number of aryl methyl sites for hydroxylation is 1. The summed E-state index contributed by atoms with van der Waals surface area (Å²) in [4.78, 5) is 12.4. The number of nitrogens with zero attached hydrogens (tertiary/aromatic N) is 3. The van der Waals surface area contributed by atoms with E-state index in [1.807, 2.05) is 0 Å². The number of halogens is 1. The van der Waals surface area contributed by atoms with E-state index in [0.29, 0.717) is 29.4 Å². The molecule has 2 aromatic heterocycles. The fourth-order valence-electron chi connectivity index (χ4n) is 2.65. The first-order chi connectivity index (χ1) is 11.4. The van der Waals surface area contributed by atoms with Crippen LogP contribution in [0.1, 0.15) is 12.8 Å². The van der Waals surface area contributed by atoms with Crippen LogP contribution >= 0.6 is 27.3 Å². The van der Waals surface area contributed by atoms with E-state index in [-0.39, 0.29) is 18.4 Å². The predicted molar refractivity (Wildman–Crippen MR) is 95.3 cm³/mol. The second-order valence-corrected chi connectivity index (χ2v) is 10.3. The van der Waals surface area contributed by atoms with Crippen molar-refractivity contribution in [2.45, 2.75) is 17.1 Å². The van der Waals surface area contributed by atoms with E-state index in [1.165, 1.54) is 15.6 Å². The lowest BCUT2D eigenvalue weighted by atomic mass is 9.99. The highest BCUT2D eigenvalue weighted by atomic mass is 79.9. The van der Waals surface area contributed by atoms with Gasteiger partial charge >= 0.3 is 0 Å². The Morgan fingerprint density at radius 3 is 2.83 bits per heavy atom. The van der Waals surface area contributed by atoms with Gasteiger partial charge in [-0.05, 0) is 40.9 Å². The number of carbonyl (C=O) groups is 1. The summed E-state index contributed by atoms with van der Waals surface area (Å²) in [7, 11) is -1.79. The molecule has 0 aromatic carbocycles. The van der Waals surface area contributed by atoms with Crippen LogP contribution in [-0.2, 0) is 21.9 Å². The minimum absolute atomic E-state index is 0.191. The molecule has 1 atom stereocenters. The number of piperidine rings is 1. The van der Waals surface area contributed by atoms with Gasteiger partial charge in [-0.25, -0.2) is 8.42 Å².